The Morgan fingerprint density at radius 2 is 1.76 bits per heavy atom. The van der Waals surface area contributed by atoms with E-state index in [1.54, 1.807) is 6.08 Å². The highest BCUT2D eigenvalue weighted by atomic mass is 32.1. The second kappa shape index (κ2) is 10.9. The minimum Gasteiger partial charge on any atom is -0.457 e. The summed E-state index contributed by atoms with van der Waals surface area (Å²) >= 11 is 5.38. The van der Waals surface area contributed by atoms with Gasteiger partial charge in [0.1, 0.15) is 17.0 Å². The molecule has 5 rings (SSSR count). The van der Waals surface area contributed by atoms with Crippen LogP contribution in [0.5, 0.6) is 0 Å². The van der Waals surface area contributed by atoms with Crippen molar-refractivity contribution in [1.82, 2.24) is 10.3 Å². The molecule has 5 aromatic rings. The minimum atomic E-state index is -0.367. The third-order valence-corrected chi connectivity index (χ3v) is 6.34. The Morgan fingerprint density at radius 1 is 0.947 bits per heavy atom. The topological polar surface area (TPSA) is 80.3 Å². The fourth-order valence-corrected chi connectivity index (χ4v) is 4.19. The Labute approximate surface area is 226 Å². The lowest BCUT2D eigenvalue weighted by atomic mass is 10.0. The first-order valence-electron chi connectivity index (χ1n) is 12.3. The SMILES string of the molecule is Cc1ccc(-c2nc3cc(C(C)C)ccc3o2)cc1NC(=S)NC(=O)/C=C/c1ccc(-c2ccccc2)o1. The largest absolute Gasteiger partial charge is 0.457 e. The van der Waals surface area contributed by atoms with Crippen LogP contribution in [0.4, 0.5) is 5.69 Å². The van der Waals surface area contributed by atoms with Gasteiger partial charge in [-0.15, -0.1) is 0 Å². The van der Waals surface area contributed by atoms with E-state index in [0.29, 0.717) is 17.6 Å². The molecule has 2 heterocycles. The molecule has 0 aliphatic carbocycles. The number of rotatable bonds is 6. The van der Waals surface area contributed by atoms with Crippen molar-refractivity contribution in [3.63, 3.8) is 0 Å². The number of furan rings is 1. The molecule has 0 bridgehead atoms. The van der Waals surface area contributed by atoms with Gasteiger partial charge in [-0.05, 0) is 78.7 Å². The van der Waals surface area contributed by atoms with E-state index >= 15 is 0 Å². The third kappa shape index (κ3) is 5.74. The highest BCUT2D eigenvalue weighted by molar-refractivity contribution is 7.80. The smallest absolute Gasteiger partial charge is 0.250 e. The van der Waals surface area contributed by atoms with Crippen molar-refractivity contribution in [3.8, 4) is 22.8 Å². The number of carbonyl (C=O) groups excluding carboxylic acids is 1. The lowest BCUT2D eigenvalue weighted by Gasteiger charge is -2.11. The molecule has 2 aromatic heterocycles. The van der Waals surface area contributed by atoms with Gasteiger partial charge in [-0.25, -0.2) is 4.98 Å². The molecule has 0 saturated carbocycles. The van der Waals surface area contributed by atoms with Gasteiger partial charge in [0.15, 0.2) is 10.7 Å². The van der Waals surface area contributed by atoms with Crippen molar-refractivity contribution >= 4 is 46.1 Å². The first-order valence-corrected chi connectivity index (χ1v) is 12.7. The van der Waals surface area contributed by atoms with E-state index in [9.17, 15) is 4.79 Å². The van der Waals surface area contributed by atoms with Gasteiger partial charge in [0.25, 0.3) is 0 Å². The number of nitrogens with one attached hydrogen (secondary N) is 2. The van der Waals surface area contributed by atoms with Gasteiger partial charge in [-0.1, -0.05) is 56.3 Å². The number of fused-ring (bicyclic) bond motifs is 1. The molecule has 7 heteroatoms. The van der Waals surface area contributed by atoms with Gasteiger partial charge < -0.3 is 14.2 Å². The maximum atomic E-state index is 12.4. The summed E-state index contributed by atoms with van der Waals surface area (Å²) in [5, 5.41) is 5.97. The lowest BCUT2D eigenvalue weighted by Crippen LogP contribution is -2.33. The maximum Gasteiger partial charge on any atom is 0.250 e. The molecule has 0 unspecified atom stereocenters. The fourth-order valence-electron chi connectivity index (χ4n) is 3.98. The van der Waals surface area contributed by atoms with E-state index in [2.05, 4.69) is 41.6 Å². The van der Waals surface area contributed by atoms with Crippen LogP contribution in [0.1, 0.15) is 36.7 Å². The number of anilines is 1. The number of thiocarbonyl (C=S) groups is 1. The van der Waals surface area contributed by atoms with E-state index in [1.165, 1.54) is 11.6 Å². The van der Waals surface area contributed by atoms with Crippen molar-refractivity contribution in [2.45, 2.75) is 26.7 Å². The molecule has 38 heavy (non-hydrogen) atoms. The van der Waals surface area contributed by atoms with Crippen LogP contribution >= 0.6 is 12.2 Å². The summed E-state index contributed by atoms with van der Waals surface area (Å²) in [5.74, 6) is 1.87. The van der Waals surface area contributed by atoms with Crippen molar-refractivity contribution in [2.75, 3.05) is 5.32 Å². The molecule has 0 spiro atoms. The van der Waals surface area contributed by atoms with E-state index in [1.807, 2.05) is 73.7 Å². The number of aromatic nitrogens is 1. The van der Waals surface area contributed by atoms with Crippen molar-refractivity contribution in [3.05, 3.63) is 102 Å². The Hall–Kier alpha value is -4.49. The summed E-state index contributed by atoms with van der Waals surface area (Å²) in [6.45, 7) is 6.26. The molecule has 0 atom stereocenters. The molecular weight excluding hydrogens is 494 g/mol. The van der Waals surface area contributed by atoms with Crippen LogP contribution in [-0.4, -0.2) is 16.0 Å². The average molecular weight is 522 g/mol. The second-order valence-electron chi connectivity index (χ2n) is 9.28. The summed E-state index contributed by atoms with van der Waals surface area (Å²) in [7, 11) is 0. The Morgan fingerprint density at radius 3 is 2.55 bits per heavy atom. The third-order valence-electron chi connectivity index (χ3n) is 6.13. The van der Waals surface area contributed by atoms with Gasteiger partial charge in [0.2, 0.25) is 11.8 Å². The predicted molar refractivity (Wildman–Crippen MR) is 156 cm³/mol. The van der Waals surface area contributed by atoms with Crippen LogP contribution in [0.3, 0.4) is 0 Å². The van der Waals surface area contributed by atoms with E-state index in [4.69, 9.17) is 21.1 Å². The first kappa shape index (κ1) is 25.2. The van der Waals surface area contributed by atoms with E-state index < -0.39 is 0 Å². The molecule has 1 amide bonds. The van der Waals surface area contributed by atoms with Crippen molar-refractivity contribution in [1.29, 1.82) is 0 Å². The normalized spacial score (nSPS) is 11.4. The van der Waals surface area contributed by atoms with Gasteiger partial charge >= 0.3 is 0 Å². The standard InChI is InChI=1S/C31H27N3O3S/c1-19(2)22-11-14-28-26(17-22)32-30(37-28)23-10-9-20(3)25(18-23)33-31(38)34-29(35)16-13-24-12-15-27(36-24)21-7-5-4-6-8-21/h4-19H,1-3H3,(H2,33,34,35,38)/b16-13+. The van der Waals surface area contributed by atoms with Crippen LogP contribution in [-0.2, 0) is 4.79 Å². The number of hydrogen-bond acceptors (Lipinski definition) is 5. The molecule has 0 radical (unpaired) electrons. The van der Waals surface area contributed by atoms with Gasteiger partial charge in [-0.2, -0.15) is 0 Å². The Bertz CT molecular complexity index is 1650. The quantitative estimate of drug-likeness (QED) is 0.176. The number of nitrogens with zero attached hydrogens (tertiary/aromatic N) is 1. The zero-order chi connectivity index (χ0) is 26.6. The molecule has 0 saturated heterocycles. The van der Waals surface area contributed by atoms with Gasteiger partial charge in [-0.3, -0.25) is 10.1 Å². The number of amides is 1. The van der Waals surface area contributed by atoms with Crippen LogP contribution in [0, 0.1) is 6.92 Å². The molecule has 6 nitrogen and oxygen atoms in total. The molecule has 190 valence electrons. The monoisotopic (exact) mass is 521 g/mol. The van der Waals surface area contributed by atoms with E-state index in [-0.39, 0.29) is 11.0 Å². The summed E-state index contributed by atoms with van der Waals surface area (Å²) in [6, 6.07) is 25.3. The maximum absolute atomic E-state index is 12.4. The van der Waals surface area contributed by atoms with Crippen molar-refractivity contribution in [2.24, 2.45) is 0 Å². The highest BCUT2D eigenvalue weighted by Crippen LogP contribution is 2.29. The summed E-state index contributed by atoms with van der Waals surface area (Å²) in [6.07, 6.45) is 2.99. The molecule has 2 N–H and O–H groups in total. The molecule has 0 aliphatic rings. The van der Waals surface area contributed by atoms with Crippen LogP contribution in [0.2, 0.25) is 0 Å². The molecule has 0 aliphatic heterocycles. The van der Waals surface area contributed by atoms with E-state index in [0.717, 1.165) is 39.2 Å². The number of carbonyl (C=O) groups is 1. The number of oxazole rings is 1. The second-order valence-corrected chi connectivity index (χ2v) is 9.68. The van der Waals surface area contributed by atoms with Gasteiger partial charge in [0, 0.05) is 22.9 Å². The lowest BCUT2D eigenvalue weighted by molar-refractivity contribution is -0.115. The van der Waals surface area contributed by atoms with Crippen LogP contribution in [0.15, 0.2) is 93.8 Å². The summed E-state index contributed by atoms with van der Waals surface area (Å²) < 4.78 is 11.8. The van der Waals surface area contributed by atoms with Crippen LogP contribution < -0.4 is 10.6 Å². The first-order chi connectivity index (χ1) is 18.4. The van der Waals surface area contributed by atoms with Gasteiger partial charge in [0.05, 0.1) is 0 Å². The summed E-state index contributed by atoms with van der Waals surface area (Å²) in [4.78, 5) is 17.1. The van der Waals surface area contributed by atoms with Crippen LogP contribution in [0.25, 0.3) is 40.0 Å². The molecule has 3 aromatic carbocycles. The number of aryl methyl sites for hydroxylation is 1. The fraction of sp³-hybridized carbons (Fsp3) is 0.129. The average Bonchev–Trinajstić information content (AvgIpc) is 3.56. The zero-order valence-corrected chi connectivity index (χ0v) is 22.1. The zero-order valence-electron chi connectivity index (χ0n) is 21.3. The predicted octanol–water partition coefficient (Wildman–Crippen LogP) is 7.71. The Kier molecular flexibility index (Phi) is 7.20. The number of hydrogen-bond donors (Lipinski definition) is 2. The Balaban J connectivity index is 1.24. The molecule has 0 fully saturated rings. The minimum absolute atomic E-state index is 0.184. The van der Waals surface area contributed by atoms with Crippen molar-refractivity contribution < 1.29 is 13.6 Å². The number of benzene rings is 3. The highest BCUT2D eigenvalue weighted by Gasteiger charge is 2.13. The molecular formula is C31H27N3O3S. The summed E-state index contributed by atoms with van der Waals surface area (Å²) in [5.41, 5.74) is 6.26.